The Labute approximate surface area is 280 Å². The molecular formula is C35H52N4O7S. The predicted molar refractivity (Wildman–Crippen MR) is 182 cm³/mol. The molecule has 3 amide bonds. The first-order chi connectivity index (χ1) is 22.5. The molecule has 0 bridgehead atoms. The number of sulfonamides is 1. The molecule has 2 aromatic rings. The van der Waals surface area contributed by atoms with Gasteiger partial charge >= 0.3 is 6.03 Å². The maximum atomic E-state index is 14.3. The summed E-state index contributed by atoms with van der Waals surface area (Å²) in [5.74, 6) is -0.254. The number of nitrogens with one attached hydrogen (secondary N) is 2. The number of carbonyl (C=O) groups excluding carboxylic acids is 2. The Bertz CT molecular complexity index is 1420. The first-order valence-corrected chi connectivity index (χ1v) is 18.4. The Hall–Kier alpha value is -3.19. The molecule has 11 nitrogen and oxygen atoms in total. The van der Waals surface area contributed by atoms with E-state index in [2.05, 4.69) is 10.6 Å². The van der Waals surface area contributed by atoms with Gasteiger partial charge in [0.15, 0.2) is 0 Å². The van der Waals surface area contributed by atoms with Crippen molar-refractivity contribution in [3.05, 3.63) is 54.1 Å². The van der Waals surface area contributed by atoms with Crippen molar-refractivity contribution in [3.8, 4) is 5.75 Å². The van der Waals surface area contributed by atoms with Crippen LogP contribution in [0.25, 0.3) is 0 Å². The molecule has 260 valence electrons. The van der Waals surface area contributed by atoms with Gasteiger partial charge in [0.1, 0.15) is 5.75 Å². The van der Waals surface area contributed by atoms with E-state index in [1.807, 2.05) is 13.8 Å². The van der Waals surface area contributed by atoms with Gasteiger partial charge in [-0.25, -0.2) is 13.2 Å². The monoisotopic (exact) mass is 672 g/mol. The van der Waals surface area contributed by atoms with Gasteiger partial charge in [-0.1, -0.05) is 44.4 Å². The normalized spacial score (nSPS) is 22.9. The molecule has 1 saturated carbocycles. The maximum absolute atomic E-state index is 14.3. The van der Waals surface area contributed by atoms with E-state index in [9.17, 15) is 23.1 Å². The molecular weight excluding hydrogens is 620 g/mol. The fraction of sp³-hybridized carbons (Fsp3) is 0.600. The van der Waals surface area contributed by atoms with E-state index < -0.39 is 22.2 Å². The van der Waals surface area contributed by atoms with Crippen molar-refractivity contribution in [1.29, 1.82) is 0 Å². The molecule has 0 saturated heterocycles. The highest BCUT2D eigenvalue weighted by Crippen LogP contribution is 2.29. The second-order valence-corrected chi connectivity index (χ2v) is 15.1. The van der Waals surface area contributed by atoms with Gasteiger partial charge in [0, 0.05) is 44.4 Å². The van der Waals surface area contributed by atoms with Crippen LogP contribution < -0.4 is 15.4 Å². The maximum Gasteiger partial charge on any atom is 0.319 e. The molecule has 0 spiro atoms. The van der Waals surface area contributed by atoms with Crippen LogP contribution in [0.5, 0.6) is 5.75 Å². The molecule has 1 heterocycles. The molecule has 1 aliphatic heterocycles. The summed E-state index contributed by atoms with van der Waals surface area (Å²) in [6.07, 6.45) is 6.85. The second-order valence-electron chi connectivity index (χ2n) is 13.0. The third kappa shape index (κ3) is 10.2. The number of carbonyl (C=O) groups is 2. The van der Waals surface area contributed by atoms with Crippen LogP contribution in [0.2, 0.25) is 0 Å². The van der Waals surface area contributed by atoms with Gasteiger partial charge in [-0.2, -0.15) is 4.31 Å². The first kappa shape index (κ1) is 36.6. The van der Waals surface area contributed by atoms with Crippen molar-refractivity contribution in [1.82, 2.24) is 14.5 Å². The summed E-state index contributed by atoms with van der Waals surface area (Å²) in [5, 5.41) is 16.2. The molecule has 2 aliphatic rings. The largest absolute Gasteiger partial charge is 0.490 e. The van der Waals surface area contributed by atoms with Gasteiger partial charge in [0.25, 0.3) is 5.91 Å². The van der Waals surface area contributed by atoms with Gasteiger partial charge in [-0.3, -0.25) is 4.79 Å². The summed E-state index contributed by atoms with van der Waals surface area (Å²) >= 11 is 0. The summed E-state index contributed by atoms with van der Waals surface area (Å²) in [6.45, 7) is 6.08. The summed E-state index contributed by atoms with van der Waals surface area (Å²) in [7, 11) is -2.22. The van der Waals surface area contributed by atoms with Crippen LogP contribution in [0.4, 0.5) is 10.5 Å². The lowest BCUT2D eigenvalue weighted by atomic mass is 9.96. The number of hydrogen-bond donors (Lipinski definition) is 3. The van der Waals surface area contributed by atoms with Gasteiger partial charge in [0.05, 0.1) is 35.3 Å². The number of urea groups is 1. The second kappa shape index (κ2) is 17.3. The number of nitrogens with zero attached hydrogens (tertiary/aromatic N) is 2. The van der Waals surface area contributed by atoms with E-state index in [-0.39, 0.29) is 60.2 Å². The first-order valence-electron chi connectivity index (χ1n) is 16.9. The van der Waals surface area contributed by atoms with E-state index in [0.717, 1.165) is 44.9 Å². The molecule has 1 fully saturated rings. The molecule has 4 atom stereocenters. The number of benzene rings is 2. The Morgan fingerprint density at radius 1 is 1.04 bits per heavy atom. The van der Waals surface area contributed by atoms with Crippen LogP contribution in [0, 0.1) is 5.92 Å². The van der Waals surface area contributed by atoms with Crippen LogP contribution in [0.3, 0.4) is 0 Å². The van der Waals surface area contributed by atoms with Gasteiger partial charge in [-0.05, 0) is 76.3 Å². The quantitative estimate of drug-likeness (QED) is 0.348. The number of ether oxygens (including phenoxy) is 2. The molecule has 0 aromatic heterocycles. The van der Waals surface area contributed by atoms with E-state index in [1.54, 1.807) is 60.4 Å². The lowest BCUT2D eigenvalue weighted by Crippen LogP contribution is -2.48. The van der Waals surface area contributed by atoms with Crippen molar-refractivity contribution < 1.29 is 32.6 Å². The van der Waals surface area contributed by atoms with Crippen LogP contribution >= 0.6 is 0 Å². The van der Waals surface area contributed by atoms with Crippen molar-refractivity contribution in [2.45, 2.75) is 101 Å². The van der Waals surface area contributed by atoms with Crippen LogP contribution in [0.1, 0.15) is 82.5 Å². The Morgan fingerprint density at radius 3 is 2.45 bits per heavy atom. The minimum atomic E-state index is -3.76. The number of aliphatic hydroxyl groups is 1. The number of amides is 3. The summed E-state index contributed by atoms with van der Waals surface area (Å²) < 4.78 is 40.6. The fourth-order valence-corrected chi connectivity index (χ4v) is 7.39. The predicted octanol–water partition coefficient (Wildman–Crippen LogP) is 5.26. The number of likely N-dealkylation sites (N-methyl/N-ethyl adjacent to an activating group) is 1. The molecule has 2 aromatic carbocycles. The summed E-state index contributed by atoms with van der Waals surface area (Å²) in [6, 6.07) is 12.6. The van der Waals surface area contributed by atoms with Crippen LogP contribution in [-0.4, -0.2) is 92.3 Å². The molecule has 4 rings (SSSR count). The number of rotatable bonds is 8. The highest BCUT2D eigenvalue weighted by molar-refractivity contribution is 7.89. The smallest absolute Gasteiger partial charge is 0.319 e. The van der Waals surface area contributed by atoms with E-state index in [4.69, 9.17) is 9.47 Å². The zero-order valence-corrected chi connectivity index (χ0v) is 29.0. The number of anilines is 1. The summed E-state index contributed by atoms with van der Waals surface area (Å²) in [4.78, 5) is 29.0. The Morgan fingerprint density at radius 2 is 1.74 bits per heavy atom. The third-order valence-corrected chi connectivity index (χ3v) is 11.0. The standard InChI is InChI=1S/C35H52N4O7S/c1-25-22-39(26(2)24-40)34(41)31-21-29(37-35(42)36-28-14-7-5-8-15-28)18-19-32(31)46-27(3)13-11-12-20-45-33(25)23-38(4)47(43,44)30-16-9-6-10-17-30/h6,9-10,16-19,21,25-28,33,40H,5,7-8,11-15,20,22-24H2,1-4H3,(H2,36,37,42)/t25-,26+,27+,33+/m1/s1. The minimum Gasteiger partial charge on any atom is -0.490 e. The van der Waals surface area contributed by atoms with Gasteiger partial charge < -0.3 is 30.1 Å². The van der Waals surface area contributed by atoms with Crippen LogP contribution in [-0.2, 0) is 14.8 Å². The average molecular weight is 673 g/mol. The molecule has 1 aliphatic carbocycles. The SMILES string of the molecule is C[C@@H]1CN([C@@H](C)CO)C(=O)c2cc(NC(=O)NC3CCCCC3)ccc2O[C@@H](C)CCCCO[C@H]1CN(C)S(=O)(=O)c1ccccc1. The lowest BCUT2D eigenvalue weighted by Gasteiger charge is -2.35. The van der Waals surface area contributed by atoms with Crippen LogP contribution in [0.15, 0.2) is 53.4 Å². The number of hydrogen-bond acceptors (Lipinski definition) is 7. The van der Waals surface area contributed by atoms with Crippen molar-refractivity contribution in [3.63, 3.8) is 0 Å². The molecule has 0 unspecified atom stereocenters. The Kier molecular flexibility index (Phi) is 13.5. The number of aliphatic hydroxyl groups excluding tert-OH is 1. The Balaban J connectivity index is 1.60. The van der Waals surface area contributed by atoms with E-state index in [0.29, 0.717) is 18.0 Å². The van der Waals surface area contributed by atoms with Gasteiger partial charge in [0.2, 0.25) is 10.0 Å². The zero-order chi connectivity index (χ0) is 34.0. The number of fused-ring (bicyclic) bond motifs is 1. The third-order valence-electron chi connectivity index (χ3n) is 9.14. The van der Waals surface area contributed by atoms with Gasteiger partial charge in [-0.15, -0.1) is 0 Å². The van der Waals surface area contributed by atoms with Crippen molar-refractivity contribution >= 4 is 27.6 Å². The lowest BCUT2D eigenvalue weighted by molar-refractivity contribution is -0.00833. The van der Waals surface area contributed by atoms with Crippen molar-refractivity contribution in [2.24, 2.45) is 5.92 Å². The topological polar surface area (TPSA) is 138 Å². The minimum absolute atomic E-state index is 0.0915. The molecule has 3 N–H and O–H groups in total. The molecule has 47 heavy (non-hydrogen) atoms. The van der Waals surface area contributed by atoms with E-state index >= 15 is 0 Å². The highest BCUT2D eigenvalue weighted by atomic mass is 32.2. The fourth-order valence-electron chi connectivity index (χ4n) is 6.19. The average Bonchev–Trinajstić information content (AvgIpc) is 3.06. The molecule has 12 heteroatoms. The van der Waals surface area contributed by atoms with E-state index in [1.165, 1.54) is 17.8 Å². The zero-order valence-electron chi connectivity index (χ0n) is 28.2. The van der Waals surface area contributed by atoms with Crippen molar-refractivity contribution in [2.75, 3.05) is 38.7 Å². The summed E-state index contributed by atoms with van der Waals surface area (Å²) in [5.41, 5.74) is 0.736. The molecule has 0 radical (unpaired) electrons. The highest BCUT2D eigenvalue weighted by Gasteiger charge is 2.32.